The van der Waals surface area contributed by atoms with Crippen molar-refractivity contribution in [1.82, 2.24) is 9.55 Å². The summed E-state index contributed by atoms with van der Waals surface area (Å²) in [5.41, 5.74) is -0.615. The van der Waals surface area contributed by atoms with Crippen LogP contribution >= 0.6 is 11.8 Å². The highest BCUT2D eigenvalue weighted by Gasteiger charge is 2.35. The molecule has 0 amide bonds. The van der Waals surface area contributed by atoms with Gasteiger partial charge in [-0.05, 0) is 6.92 Å². The van der Waals surface area contributed by atoms with Crippen LogP contribution in [0.5, 0.6) is 0 Å². The summed E-state index contributed by atoms with van der Waals surface area (Å²) >= 11 is 1.07. The minimum atomic E-state index is -0.744. The van der Waals surface area contributed by atoms with E-state index in [-0.39, 0.29) is 11.5 Å². The van der Waals surface area contributed by atoms with Crippen molar-refractivity contribution in [2.45, 2.75) is 38.7 Å². The number of aliphatic hydroxyl groups is 1. The third-order valence-electron chi connectivity index (χ3n) is 3.11. The van der Waals surface area contributed by atoms with Gasteiger partial charge >= 0.3 is 5.69 Å². The highest BCUT2D eigenvalue weighted by molar-refractivity contribution is 8.13. The molecular formula is C12H16N2O5S. The summed E-state index contributed by atoms with van der Waals surface area (Å²) in [5, 5.41) is 9.86. The molecule has 1 aromatic heterocycles. The molecule has 110 valence electrons. The van der Waals surface area contributed by atoms with Gasteiger partial charge in [-0.25, -0.2) is 4.79 Å². The maximum atomic E-state index is 11.7. The smallest absolute Gasteiger partial charge is 0.330 e. The lowest BCUT2D eigenvalue weighted by Gasteiger charge is -2.15. The first kappa shape index (κ1) is 15.0. The number of carbonyl (C=O) groups excluding carboxylic acids is 1. The average Bonchev–Trinajstić information content (AvgIpc) is 2.72. The summed E-state index contributed by atoms with van der Waals surface area (Å²) in [6, 6.07) is 0. The fraction of sp³-hybridized carbons (Fsp3) is 0.583. The summed E-state index contributed by atoms with van der Waals surface area (Å²) in [6.45, 7) is 3.03. The molecule has 1 fully saturated rings. The Morgan fingerprint density at radius 2 is 2.30 bits per heavy atom. The van der Waals surface area contributed by atoms with Crippen LogP contribution in [0.25, 0.3) is 0 Å². The molecule has 2 heterocycles. The quantitative estimate of drug-likeness (QED) is 0.800. The predicted octanol–water partition coefficient (Wildman–Crippen LogP) is -0.227. The van der Waals surface area contributed by atoms with Gasteiger partial charge in [0.05, 0.1) is 12.2 Å². The Bertz CT molecular complexity index is 623. The minimum absolute atomic E-state index is 0.0543. The SMILES string of the molecule is CC(=O)SCC1OC(n2cc(C)c(=O)[nH]c2=O)CC1O. The van der Waals surface area contributed by atoms with Crippen molar-refractivity contribution in [3.8, 4) is 0 Å². The molecule has 3 atom stereocenters. The number of thioether (sulfide) groups is 1. The van der Waals surface area contributed by atoms with E-state index in [9.17, 15) is 19.5 Å². The molecule has 0 bridgehead atoms. The van der Waals surface area contributed by atoms with E-state index in [0.29, 0.717) is 11.3 Å². The molecule has 2 rings (SSSR count). The summed E-state index contributed by atoms with van der Waals surface area (Å²) in [7, 11) is 0. The zero-order valence-electron chi connectivity index (χ0n) is 11.2. The van der Waals surface area contributed by atoms with E-state index >= 15 is 0 Å². The fourth-order valence-electron chi connectivity index (χ4n) is 2.04. The maximum Gasteiger partial charge on any atom is 0.330 e. The summed E-state index contributed by atoms with van der Waals surface area (Å²) in [5.74, 6) is 0.337. The number of ether oxygens (including phenoxy) is 1. The van der Waals surface area contributed by atoms with Gasteiger partial charge in [0, 0.05) is 30.9 Å². The predicted molar refractivity (Wildman–Crippen MR) is 73.7 cm³/mol. The number of aromatic amines is 1. The number of rotatable bonds is 3. The number of hydrogen-bond donors (Lipinski definition) is 2. The lowest BCUT2D eigenvalue weighted by molar-refractivity contribution is -0.109. The first-order chi connectivity index (χ1) is 9.38. The number of H-pyrrole nitrogens is 1. The van der Waals surface area contributed by atoms with E-state index in [1.54, 1.807) is 6.92 Å². The number of aromatic nitrogens is 2. The van der Waals surface area contributed by atoms with Gasteiger partial charge in [0.1, 0.15) is 6.23 Å². The standard InChI is InChI=1S/C12H16N2O5S/c1-6-4-14(12(18)13-11(6)17)10-3-8(16)9(19-10)5-20-7(2)15/h4,8-10,16H,3,5H2,1-2H3,(H,13,17,18). The monoisotopic (exact) mass is 300 g/mol. The first-order valence-corrected chi connectivity index (χ1v) is 7.16. The fourth-order valence-corrected chi connectivity index (χ4v) is 2.74. The molecule has 0 aliphatic carbocycles. The van der Waals surface area contributed by atoms with Crippen LogP contribution in [0.15, 0.2) is 15.8 Å². The van der Waals surface area contributed by atoms with Crippen molar-refractivity contribution in [2.24, 2.45) is 0 Å². The molecule has 20 heavy (non-hydrogen) atoms. The number of nitrogens with one attached hydrogen (secondary N) is 1. The van der Waals surface area contributed by atoms with Crippen LogP contribution in [0.3, 0.4) is 0 Å². The number of aliphatic hydroxyl groups excluding tert-OH is 1. The van der Waals surface area contributed by atoms with Crippen molar-refractivity contribution in [3.63, 3.8) is 0 Å². The number of hydrogen-bond acceptors (Lipinski definition) is 6. The topological polar surface area (TPSA) is 101 Å². The van der Waals surface area contributed by atoms with Gasteiger partial charge in [-0.15, -0.1) is 0 Å². The Morgan fingerprint density at radius 1 is 1.60 bits per heavy atom. The van der Waals surface area contributed by atoms with Crippen molar-refractivity contribution < 1.29 is 14.6 Å². The van der Waals surface area contributed by atoms with Crippen LogP contribution in [-0.4, -0.2) is 37.7 Å². The highest BCUT2D eigenvalue weighted by Crippen LogP contribution is 2.29. The average molecular weight is 300 g/mol. The second kappa shape index (κ2) is 5.94. The molecule has 0 radical (unpaired) electrons. The van der Waals surface area contributed by atoms with E-state index < -0.39 is 29.7 Å². The molecule has 2 N–H and O–H groups in total. The van der Waals surface area contributed by atoms with Crippen LogP contribution in [0.1, 0.15) is 25.1 Å². The Labute approximate surface area is 119 Å². The summed E-state index contributed by atoms with van der Waals surface area (Å²) in [4.78, 5) is 36.2. The lowest BCUT2D eigenvalue weighted by Crippen LogP contribution is -2.33. The van der Waals surface area contributed by atoms with E-state index in [4.69, 9.17) is 4.74 Å². The third kappa shape index (κ3) is 3.20. The van der Waals surface area contributed by atoms with E-state index in [2.05, 4.69) is 4.98 Å². The van der Waals surface area contributed by atoms with Crippen LogP contribution < -0.4 is 11.2 Å². The van der Waals surface area contributed by atoms with Gasteiger partial charge in [0.25, 0.3) is 5.56 Å². The summed E-state index contributed by atoms with van der Waals surface area (Å²) in [6.07, 6.45) is -0.224. The summed E-state index contributed by atoms with van der Waals surface area (Å²) < 4.78 is 6.87. The molecule has 0 aromatic carbocycles. The molecular weight excluding hydrogens is 284 g/mol. The van der Waals surface area contributed by atoms with Crippen molar-refractivity contribution in [1.29, 1.82) is 0 Å². The number of carbonyl (C=O) groups is 1. The van der Waals surface area contributed by atoms with Gasteiger partial charge in [0.2, 0.25) is 0 Å². The van der Waals surface area contributed by atoms with Gasteiger partial charge in [0.15, 0.2) is 5.12 Å². The first-order valence-electron chi connectivity index (χ1n) is 6.17. The zero-order chi connectivity index (χ0) is 14.9. The molecule has 1 aromatic rings. The third-order valence-corrected chi connectivity index (χ3v) is 4.01. The van der Waals surface area contributed by atoms with Gasteiger partial charge in [-0.3, -0.25) is 19.1 Å². The number of aryl methyl sites for hydroxylation is 1. The van der Waals surface area contributed by atoms with E-state index in [1.165, 1.54) is 17.7 Å². The maximum absolute atomic E-state index is 11.7. The van der Waals surface area contributed by atoms with Crippen LogP contribution in [0, 0.1) is 6.92 Å². The minimum Gasteiger partial charge on any atom is -0.390 e. The molecule has 1 saturated heterocycles. The molecule has 1 aliphatic rings. The van der Waals surface area contributed by atoms with Crippen LogP contribution in [0.4, 0.5) is 0 Å². The lowest BCUT2D eigenvalue weighted by atomic mass is 10.2. The molecule has 8 heteroatoms. The Morgan fingerprint density at radius 3 is 2.95 bits per heavy atom. The second-order valence-corrected chi connectivity index (χ2v) is 5.91. The van der Waals surface area contributed by atoms with Crippen LogP contribution in [-0.2, 0) is 9.53 Å². The zero-order valence-corrected chi connectivity index (χ0v) is 12.0. The van der Waals surface area contributed by atoms with Crippen LogP contribution in [0.2, 0.25) is 0 Å². The molecule has 0 spiro atoms. The van der Waals surface area contributed by atoms with Crippen molar-refractivity contribution in [3.05, 3.63) is 32.6 Å². The Kier molecular flexibility index (Phi) is 4.46. The molecule has 0 saturated carbocycles. The van der Waals surface area contributed by atoms with Gasteiger partial charge in [-0.1, -0.05) is 11.8 Å². The molecule has 3 unspecified atom stereocenters. The van der Waals surface area contributed by atoms with Crippen molar-refractivity contribution >= 4 is 16.9 Å². The normalized spacial score (nSPS) is 25.9. The van der Waals surface area contributed by atoms with Crippen molar-refractivity contribution in [2.75, 3.05) is 5.75 Å². The largest absolute Gasteiger partial charge is 0.390 e. The van der Waals surface area contributed by atoms with E-state index in [0.717, 1.165) is 11.8 Å². The Hall–Kier alpha value is -1.38. The molecule has 1 aliphatic heterocycles. The van der Waals surface area contributed by atoms with Gasteiger partial charge < -0.3 is 9.84 Å². The molecule has 7 nitrogen and oxygen atoms in total. The highest BCUT2D eigenvalue weighted by atomic mass is 32.2. The number of nitrogens with zero attached hydrogens (tertiary/aromatic N) is 1. The second-order valence-electron chi connectivity index (χ2n) is 4.71. The Balaban J connectivity index is 2.16. The van der Waals surface area contributed by atoms with E-state index in [1.807, 2.05) is 0 Å². The van der Waals surface area contributed by atoms with Gasteiger partial charge in [-0.2, -0.15) is 0 Å².